The number of benzene rings is 4. The van der Waals surface area contributed by atoms with Crippen molar-refractivity contribution in [3.8, 4) is 22.6 Å². The van der Waals surface area contributed by atoms with Crippen molar-refractivity contribution in [1.82, 2.24) is 5.43 Å². The summed E-state index contributed by atoms with van der Waals surface area (Å²) in [5, 5.41) is 4.06. The lowest BCUT2D eigenvalue weighted by atomic mass is 10.1. The summed E-state index contributed by atoms with van der Waals surface area (Å²) in [7, 11) is 0. The normalized spacial score (nSPS) is 11.7. The van der Waals surface area contributed by atoms with E-state index in [1.165, 1.54) is 0 Å². The zero-order chi connectivity index (χ0) is 23.6. The molecule has 4 aromatic carbocycles. The lowest BCUT2D eigenvalue weighted by molar-refractivity contribution is -0.127. The predicted octanol–water partition coefficient (Wildman–Crippen LogP) is 5.85. The van der Waals surface area contributed by atoms with Crippen LogP contribution in [0.5, 0.6) is 11.5 Å². The molecule has 1 amide bonds. The van der Waals surface area contributed by atoms with Gasteiger partial charge in [-0.2, -0.15) is 5.10 Å². The first-order chi connectivity index (χ1) is 16.7. The molecule has 1 N–H and O–H groups in total. The molecule has 0 radical (unpaired) electrons. The third kappa shape index (κ3) is 6.56. The predicted molar refractivity (Wildman–Crippen MR) is 135 cm³/mol. The minimum atomic E-state index is -0.694. The number of hydrazone groups is 1. The highest BCUT2D eigenvalue weighted by Crippen LogP contribution is 2.22. The van der Waals surface area contributed by atoms with Crippen LogP contribution in [0.4, 0.5) is 0 Å². The van der Waals surface area contributed by atoms with Gasteiger partial charge in [-0.1, -0.05) is 84.9 Å². The van der Waals surface area contributed by atoms with Crippen molar-refractivity contribution < 1.29 is 14.3 Å². The Labute approximate surface area is 199 Å². The maximum absolute atomic E-state index is 12.4. The van der Waals surface area contributed by atoms with Crippen LogP contribution in [0.3, 0.4) is 0 Å². The van der Waals surface area contributed by atoms with Crippen LogP contribution in [0.2, 0.25) is 0 Å². The minimum Gasteiger partial charge on any atom is -0.489 e. The van der Waals surface area contributed by atoms with E-state index in [9.17, 15) is 4.79 Å². The van der Waals surface area contributed by atoms with Gasteiger partial charge in [0.05, 0.1) is 6.21 Å². The molecule has 0 heterocycles. The van der Waals surface area contributed by atoms with E-state index in [4.69, 9.17) is 9.47 Å². The highest BCUT2D eigenvalue weighted by Gasteiger charge is 2.14. The van der Waals surface area contributed by atoms with Gasteiger partial charge in [0.15, 0.2) is 6.10 Å². The van der Waals surface area contributed by atoms with E-state index in [-0.39, 0.29) is 5.91 Å². The molecule has 4 aromatic rings. The van der Waals surface area contributed by atoms with Crippen molar-refractivity contribution in [3.63, 3.8) is 0 Å². The first-order valence-electron chi connectivity index (χ1n) is 11.1. The van der Waals surface area contributed by atoms with E-state index in [2.05, 4.69) is 22.7 Å². The fourth-order valence-corrected chi connectivity index (χ4v) is 3.30. The number of carbonyl (C=O) groups is 1. The summed E-state index contributed by atoms with van der Waals surface area (Å²) in [6.07, 6.45) is 0.884. The molecule has 0 fully saturated rings. The van der Waals surface area contributed by atoms with E-state index >= 15 is 0 Å². The van der Waals surface area contributed by atoms with Crippen LogP contribution in [-0.4, -0.2) is 18.2 Å². The molecular formula is C29H26N2O3. The molecule has 0 aromatic heterocycles. The molecule has 0 bridgehead atoms. The molecule has 34 heavy (non-hydrogen) atoms. The van der Waals surface area contributed by atoms with Gasteiger partial charge in [0.2, 0.25) is 0 Å². The molecule has 1 unspecified atom stereocenters. The van der Waals surface area contributed by atoms with Gasteiger partial charge in [-0.25, -0.2) is 5.43 Å². The summed E-state index contributed by atoms with van der Waals surface area (Å²) < 4.78 is 11.6. The van der Waals surface area contributed by atoms with E-state index in [0.29, 0.717) is 12.4 Å². The molecule has 5 nitrogen and oxygen atoms in total. The molecule has 1 atom stereocenters. The average molecular weight is 451 g/mol. The average Bonchev–Trinajstić information content (AvgIpc) is 2.89. The lowest BCUT2D eigenvalue weighted by Crippen LogP contribution is -2.33. The topological polar surface area (TPSA) is 59.9 Å². The van der Waals surface area contributed by atoms with Crippen LogP contribution in [0, 0.1) is 0 Å². The quantitative estimate of drug-likeness (QED) is 0.257. The summed E-state index contributed by atoms with van der Waals surface area (Å²) in [4.78, 5) is 12.4. The Balaban J connectivity index is 1.27. The second-order valence-electron chi connectivity index (χ2n) is 7.73. The smallest absolute Gasteiger partial charge is 0.280 e. The standard InChI is InChI=1S/C29H26N2O3/c1-22(34-27-17-15-26(16-18-27)25-12-6-3-7-13-25)29(32)31-30-20-24-11-8-14-28(19-24)33-21-23-9-4-2-5-10-23/h2-20,22H,21H2,1H3,(H,31,32)/b30-20+. The molecule has 0 aliphatic carbocycles. The maximum atomic E-state index is 12.4. The summed E-state index contributed by atoms with van der Waals surface area (Å²) in [5.74, 6) is 1.02. The van der Waals surface area contributed by atoms with Crippen LogP contribution in [-0.2, 0) is 11.4 Å². The van der Waals surface area contributed by atoms with Crippen molar-refractivity contribution in [3.05, 3.63) is 120 Å². The SMILES string of the molecule is CC(Oc1ccc(-c2ccccc2)cc1)C(=O)N/N=C/c1cccc(OCc2ccccc2)c1. The van der Waals surface area contributed by atoms with Crippen molar-refractivity contribution in [2.75, 3.05) is 0 Å². The van der Waals surface area contributed by atoms with Crippen molar-refractivity contribution in [2.45, 2.75) is 19.6 Å². The van der Waals surface area contributed by atoms with E-state index in [0.717, 1.165) is 28.0 Å². The van der Waals surface area contributed by atoms with Gasteiger partial charge in [0.25, 0.3) is 5.91 Å². The van der Waals surface area contributed by atoms with Crippen molar-refractivity contribution >= 4 is 12.1 Å². The number of hydrogen-bond acceptors (Lipinski definition) is 4. The zero-order valence-corrected chi connectivity index (χ0v) is 18.9. The van der Waals surface area contributed by atoms with Gasteiger partial charge in [-0.3, -0.25) is 4.79 Å². The molecule has 5 heteroatoms. The molecule has 0 saturated heterocycles. The second kappa shape index (κ2) is 11.5. The molecule has 0 spiro atoms. The summed E-state index contributed by atoms with van der Waals surface area (Å²) in [6.45, 7) is 2.17. The van der Waals surface area contributed by atoms with Gasteiger partial charge < -0.3 is 9.47 Å². The van der Waals surface area contributed by atoms with Crippen LogP contribution in [0.1, 0.15) is 18.1 Å². The van der Waals surface area contributed by atoms with E-state index < -0.39 is 6.10 Å². The molecule has 170 valence electrons. The Bertz CT molecular complexity index is 1220. The van der Waals surface area contributed by atoms with Gasteiger partial charge in [0.1, 0.15) is 18.1 Å². The van der Waals surface area contributed by atoms with Gasteiger partial charge in [0, 0.05) is 0 Å². The molecular weight excluding hydrogens is 424 g/mol. The Kier molecular flexibility index (Phi) is 7.70. The zero-order valence-electron chi connectivity index (χ0n) is 18.9. The molecule has 0 aliphatic heterocycles. The van der Waals surface area contributed by atoms with Crippen molar-refractivity contribution in [2.24, 2.45) is 5.10 Å². The number of nitrogens with one attached hydrogen (secondary N) is 1. The van der Waals surface area contributed by atoms with Crippen LogP contribution >= 0.6 is 0 Å². The van der Waals surface area contributed by atoms with E-state index in [1.807, 2.05) is 97.1 Å². The first-order valence-corrected chi connectivity index (χ1v) is 11.1. The molecule has 0 saturated carbocycles. The largest absolute Gasteiger partial charge is 0.489 e. The second-order valence-corrected chi connectivity index (χ2v) is 7.73. The Morgan fingerprint density at radius 2 is 1.50 bits per heavy atom. The summed E-state index contributed by atoms with van der Waals surface area (Å²) in [5.41, 5.74) is 6.66. The van der Waals surface area contributed by atoms with Crippen molar-refractivity contribution in [1.29, 1.82) is 0 Å². The van der Waals surface area contributed by atoms with Gasteiger partial charge >= 0.3 is 0 Å². The maximum Gasteiger partial charge on any atom is 0.280 e. The third-order valence-electron chi connectivity index (χ3n) is 5.14. The Hall–Kier alpha value is -4.38. The Morgan fingerprint density at radius 3 is 2.24 bits per heavy atom. The summed E-state index contributed by atoms with van der Waals surface area (Å²) in [6, 6.07) is 35.2. The number of carbonyl (C=O) groups excluding carboxylic acids is 1. The molecule has 4 rings (SSSR count). The number of hydrogen-bond donors (Lipinski definition) is 1. The highest BCUT2D eigenvalue weighted by molar-refractivity contribution is 5.84. The van der Waals surface area contributed by atoms with E-state index in [1.54, 1.807) is 13.1 Å². The number of rotatable bonds is 9. The Morgan fingerprint density at radius 1 is 0.824 bits per heavy atom. The highest BCUT2D eigenvalue weighted by atomic mass is 16.5. The van der Waals surface area contributed by atoms with Gasteiger partial charge in [-0.15, -0.1) is 0 Å². The monoisotopic (exact) mass is 450 g/mol. The number of nitrogens with zero attached hydrogens (tertiary/aromatic N) is 1. The summed E-state index contributed by atoms with van der Waals surface area (Å²) >= 11 is 0. The third-order valence-corrected chi connectivity index (χ3v) is 5.14. The fourth-order valence-electron chi connectivity index (χ4n) is 3.30. The lowest BCUT2D eigenvalue weighted by Gasteiger charge is -2.13. The van der Waals surface area contributed by atoms with Crippen LogP contribution in [0.15, 0.2) is 114 Å². The van der Waals surface area contributed by atoms with Crippen LogP contribution in [0.25, 0.3) is 11.1 Å². The van der Waals surface area contributed by atoms with Crippen LogP contribution < -0.4 is 14.9 Å². The minimum absolute atomic E-state index is 0.333. The molecule has 0 aliphatic rings. The van der Waals surface area contributed by atoms with Gasteiger partial charge in [-0.05, 0) is 53.4 Å². The number of amides is 1. The first kappa shape index (κ1) is 22.8. The fraction of sp³-hybridized carbons (Fsp3) is 0.103. The number of ether oxygens (including phenoxy) is 2.